The Morgan fingerprint density at radius 1 is 1.00 bits per heavy atom. The van der Waals surface area contributed by atoms with Crippen LogP contribution in [0.3, 0.4) is 0 Å². The summed E-state index contributed by atoms with van der Waals surface area (Å²) in [4.78, 5) is 12.6. The molecule has 0 spiro atoms. The first kappa shape index (κ1) is 20.9. The minimum absolute atomic E-state index is 0.188. The van der Waals surface area contributed by atoms with Gasteiger partial charge < -0.3 is 4.74 Å². The minimum Gasteiger partial charge on any atom is -0.493 e. The fourth-order valence-corrected chi connectivity index (χ4v) is 4.13. The van der Waals surface area contributed by atoms with E-state index in [1.807, 2.05) is 31.2 Å². The fraction of sp³-hybridized carbons (Fsp3) is 0.286. The number of carbonyl (C=O) groups excluding carboxylic acids is 1. The Labute approximate surface area is 161 Å². The van der Waals surface area contributed by atoms with Gasteiger partial charge in [-0.3, -0.25) is 4.79 Å². The van der Waals surface area contributed by atoms with Crippen molar-refractivity contribution in [1.82, 2.24) is 4.31 Å². The number of nitrogens with zero attached hydrogens (tertiary/aromatic N) is 1. The van der Waals surface area contributed by atoms with E-state index in [0.29, 0.717) is 31.0 Å². The highest BCUT2D eigenvalue weighted by Crippen LogP contribution is 2.20. The second-order valence-electron chi connectivity index (χ2n) is 5.78. The number of ether oxygens (including phenoxy) is 1. The number of ketones is 1. The highest BCUT2D eigenvalue weighted by atomic mass is 32.2. The number of allylic oxidation sites excluding steroid dienone is 1. The summed E-state index contributed by atoms with van der Waals surface area (Å²) in [6.45, 7) is 6.84. The average Bonchev–Trinajstić information content (AvgIpc) is 2.68. The molecule has 0 saturated carbocycles. The van der Waals surface area contributed by atoms with Crippen molar-refractivity contribution in [2.24, 2.45) is 0 Å². The van der Waals surface area contributed by atoms with E-state index in [0.717, 1.165) is 5.56 Å². The zero-order valence-corrected chi connectivity index (χ0v) is 16.7. The Morgan fingerprint density at radius 2 is 1.63 bits per heavy atom. The molecule has 0 fully saturated rings. The van der Waals surface area contributed by atoms with Crippen LogP contribution in [0.5, 0.6) is 5.75 Å². The van der Waals surface area contributed by atoms with Crippen molar-refractivity contribution < 1.29 is 17.9 Å². The van der Waals surface area contributed by atoms with Crippen molar-refractivity contribution >= 4 is 21.9 Å². The third kappa shape index (κ3) is 5.05. The van der Waals surface area contributed by atoms with Crippen molar-refractivity contribution in [1.29, 1.82) is 0 Å². The van der Waals surface area contributed by atoms with Crippen LogP contribution in [-0.4, -0.2) is 38.2 Å². The Kier molecular flexibility index (Phi) is 7.33. The van der Waals surface area contributed by atoms with Crippen LogP contribution in [0, 0.1) is 0 Å². The van der Waals surface area contributed by atoms with Crippen LogP contribution in [0.1, 0.15) is 36.7 Å². The Balaban J connectivity index is 2.19. The third-order valence-electron chi connectivity index (χ3n) is 4.12. The average molecular weight is 388 g/mol. The van der Waals surface area contributed by atoms with Gasteiger partial charge >= 0.3 is 0 Å². The van der Waals surface area contributed by atoms with Crippen LogP contribution < -0.4 is 4.74 Å². The topological polar surface area (TPSA) is 63.7 Å². The van der Waals surface area contributed by atoms with Gasteiger partial charge in [-0.05, 0) is 49.4 Å². The number of benzene rings is 2. The molecule has 6 heteroatoms. The molecule has 0 heterocycles. The maximum atomic E-state index is 12.5. The van der Waals surface area contributed by atoms with Crippen LogP contribution in [0.15, 0.2) is 59.5 Å². The summed E-state index contributed by atoms with van der Waals surface area (Å²) < 4.78 is 31.9. The van der Waals surface area contributed by atoms with Gasteiger partial charge in [0.15, 0.2) is 5.78 Å². The Bertz CT molecular complexity index is 898. The standard InChI is InChI=1S/C21H25NO4S/c1-4-22(5-2)27(24,25)19-14-11-17(12-15-19)20(23)16-13-18-9-7-8-10-21(18)26-6-3/h7-16H,4-6H2,1-3H3/b16-13+. The minimum atomic E-state index is -3.52. The van der Waals surface area contributed by atoms with Crippen molar-refractivity contribution in [2.75, 3.05) is 19.7 Å². The summed E-state index contributed by atoms with van der Waals surface area (Å²) in [6, 6.07) is 13.5. The van der Waals surface area contributed by atoms with E-state index >= 15 is 0 Å². The third-order valence-corrected chi connectivity index (χ3v) is 6.18. The quantitative estimate of drug-likeness (QED) is 0.482. The molecule has 2 aromatic rings. The van der Waals surface area contributed by atoms with E-state index in [1.165, 1.54) is 34.6 Å². The Hall–Kier alpha value is -2.44. The van der Waals surface area contributed by atoms with Gasteiger partial charge in [0.25, 0.3) is 0 Å². The van der Waals surface area contributed by atoms with Gasteiger partial charge in [0.1, 0.15) is 5.75 Å². The second-order valence-corrected chi connectivity index (χ2v) is 7.72. The molecule has 27 heavy (non-hydrogen) atoms. The first-order valence-corrected chi connectivity index (χ1v) is 10.4. The van der Waals surface area contributed by atoms with E-state index < -0.39 is 10.0 Å². The van der Waals surface area contributed by atoms with E-state index in [2.05, 4.69) is 0 Å². The van der Waals surface area contributed by atoms with Crippen molar-refractivity contribution in [3.05, 3.63) is 65.7 Å². The van der Waals surface area contributed by atoms with Crippen LogP contribution >= 0.6 is 0 Å². The largest absolute Gasteiger partial charge is 0.493 e. The van der Waals surface area contributed by atoms with Crippen LogP contribution in [0.2, 0.25) is 0 Å². The summed E-state index contributed by atoms with van der Waals surface area (Å²) in [7, 11) is -3.52. The van der Waals surface area contributed by atoms with Crippen LogP contribution in [-0.2, 0) is 10.0 Å². The highest BCUT2D eigenvalue weighted by Gasteiger charge is 2.21. The highest BCUT2D eigenvalue weighted by molar-refractivity contribution is 7.89. The molecule has 5 nitrogen and oxygen atoms in total. The predicted octanol–water partition coefficient (Wildman–Crippen LogP) is 4.01. The first-order valence-electron chi connectivity index (χ1n) is 8.98. The lowest BCUT2D eigenvalue weighted by Crippen LogP contribution is -2.30. The lowest BCUT2D eigenvalue weighted by Gasteiger charge is -2.18. The zero-order valence-electron chi connectivity index (χ0n) is 15.9. The molecule has 2 aromatic carbocycles. The molecule has 0 radical (unpaired) electrons. The molecule has 0 saturated heterocycles. The molecule has 0 bridgehead atoms. The summed E-state index contributed by atoms with van der Waals surface area (Å²) in [5.74, 6) is 0.512. The fourth-order valence-electron chi connectivity index (χ4n) is 2.67. The van der Waals surface area contributed by atoms with Gasteiger partial charge in [0.2, 0.25) is 10.0 Å². The summed E-state index contributed by atoms with van der Waals surface area (Å²) in [6.07, 6.45) is 3.17. The van der Waals surface area contributed by atoms with Crippen molar-refractivity contribution in [2.45, 2.75) is 25.7 Å². The zero-order chi connectivity index (χ0) is 19.9. The molecule has 0 atom stereocenters. The maximum Gasteiger partial charge on any atom is 0.243 e. The monoisotopic (exact) mass is 387 g/mol. The number of para-hydroxylation sites is 1. The number of rotatable bonds is 9. The lowest BCUT2D eigenvalue weighted by atomic mass is 10.1. The molecule has 0 aliphatic carbocycles. The molecule has 2 rings (SSSR count). The predicted molar refractivity (Wildman–Crippen MR) is 108 cm³/mol. The molecule has 0 aromatic heterocycles. The number of sulfonamides is 1. The van der Waals surface area contributed by atoms with E-state index in [4.69, 9.17) is 4.74 Å². The van der Waals surface area contributed by atoms with Gasteiger partial charge in [-0.1, -0.05) is 32.0 Å². The van der Waals surface area contributed by atoms with Gasteiger partial charge in [-0.2, -0.15) is 4.31 Å². The lowest BCUT2D eigenvalue weighted by molar-refractivity contribution is 0.104. The molecule has 0 aliphatic rings. The molecule has 0 amide bonds. The molecule has 0 N–H and O–H groups in total. The van der Waals surface area contributed by atoms with Crippen LogP contribution in [0.4, 0.5) is 0 Å². The second kappa shape index (κ2) is 9.48. The van der Waals surface area contributed by atoms with Gasteiger partial charge in [0.05, 0.1) is 11.5 Å². The van der Waals surface area contributed by atoms with Crippen molar-refractivity contribution in [3.8, 4) is 5.75 Å². The van der Waals surface area contributed by atoms with Gasteiger partial charge in [-0.25, -0.2) is 8.42 Å². The normalized spacial score (nSPS) is 11.9. The number of hydrogen-bond acceptors (Lipinski definition) is 4. The summed E-state index contributed by atoms with van der Waals surface area (Å²) >= 11 is 0. The molecular weight excluding hydrogens is 362 g/mol. The smallest absolute Gasteiger partial charge is 0.243 e. The molecule has 144 valence electrons. The van der Waals surface area contributed by atoms with Gasteiger partial charge in [-0.15, -0.1) is 0 Å². The SMILES string of the molecule is CCOc1ccccc1/C=C/C(=O)c1ccc(S(=O)(=O)N(CC)CC)cc1. The molecule has 0 aliphatic heterocycles. The Morgan fingerprint density at radius 3 is 2.22 bits per heavy atom. The van der Waals surface area contributed by atoms with Gasteiger partial charge in [0, 0.05) is 24.2 Å². The first-order chi connectivity index (χ1) is 12.9. The van der Waals surface area contributed by atoms with E-state index in [-0.39, 0.29) is 10.7 Å². The van der Waals surface area contributed by atoms with Crippen LogP contribution in [0.25, 0.3) is 6.08 Å². The van der Waals surface area contributed by atoms with Crippen molar-refractivity contribution in [3.63, 3.8) is 0 Å². The summed E-state index contributed by atoms with van der Waals surface area (Å²) in [5.41, 5.74) is 1.24. The van der Waals surface area contributed by atoms with E-state index in [9.17, 15) is 13.2 Å². The number of hydrogen-bond donors (Lipinski definition) is 0. The summed E-state index contributed by atoms with van der Waals surface area (Å²) in [5, 5.41) is 0. The molecular formula is C21H25NO4S. The number of carbonyl (C=O) groups is 1. The maximum absolute atomic E-state index is 12.5. The molecule has 0 unspecified atom stereocenters. The van der Waals surface area contributed by atoms with E-state index in [1.54, 1.807) is 19.9 Å².